The molecule has 0 spiro atoms. The maximum atomic E-state index is 12.1. The second-order valence-corrected chi connectivity index (χ2v) is 5.14. The Balaban J connectivity index is 1.76. The number of fused-ring (bicyclic) bond motifs is 1. The summed E-state index contributed by atoms with van der Waals surface area (Å²) in [6, 6.07) is 12.3. The van der Waals surface area contributed by atoms with Gasteiger partial charge < -0.3 is 20.4 Å². The number of aromatic nitrogens is 1. The number of ether oxygens (including phenoxy) is 1. The van der Waals surface area contributed by atoms with Gasteiger partial charge in [-0.15, -0.1) is 0 Å². The molecular weight excluding hydrogens is 302 g/mol. The SMILES string of the molecule is COc1ccc(Cl)cc1NC(=O)Nc1ccc2cc[nH]c2c1. The summed E-state index contributed by atoms with van der Waals surface area (Å²) in [6.07, 6.45) is 1.85. The van der Waals surface area contributed by atoms with E-state index in [1.165, 1.54) is 7.11 Å². The van der Waals surface area contributed by atoms with Gasteiger partial charge in [-0.2, -0.15) is 0 Å². The molecular formula is C16H14ClN3O2. The number of aromatic amines is 1. The number of carbonyl (C=O) groups excluding carboxylic acids is 1. The van der Waals surface area contributed by atoms with Crippen LogP contribution in [0.1, 0.15) is 0 Å². The van der Waals surface area contributed by atoms with E-state index < -0.39 is 0 Å². The molecule has 0 bridgehead atoms. The number of nitrogens with one attached hydrogen (secondary N) is 3. The summed E-state index contributed by atoms with van der Waals surface area (Å²) in [5.41, 5.74) is 2.15. The summed E-state index contributed by atoms with van der Waals surface area (Å²) in [5, 5.41) is 7.10. The lowest BCUT2D eigenvalue weighted by Gasteiger charge is -2.11. The average molecular weight is 316 g/mol. The van der Waals surface area contributed by atoms with Crippen molar-refractivity contribution in [3.05, 3.63) is 53.7 Å². The largest absolute Gasteiger partial charge is 0.495 e. The zero-order chi connectivity index (χ0) is 15.5. The molecule has 0 saturated heterocycles. The highest BCUT2D eigenvalue weighted by molar-refractivity contribution is 6.31. The number of carbonyl (C=O) groups is 1. The standard InChI is InChI=1S/C16H14ClN3O2/c1-22-15-5-3-11(17)8-14(15)20-16(21)19-12-4-2-10-6-7-18-13(10)9-12/h2-9,18H,1H3,(H2,19,20,21). The normalized spacial score (nSPS) is 10.5. The van der Waals surface area contributed by atoms with E-state index in [0.717, 1.165) is 10.9 Å². The highest BCUT2D eigenvalue weighted by atomic mass is 35.5. The molecule has 3 rings (SSSR count). The third kappa shape index (κ3) is 2.99. The third-order valence-corrected chi connectivity index (χ3v) is 3.46. The fourth-order valence-electron chi connectivity index (χ4n) is 2.19. The van der Waals surface area contributed by atoms with Crippen LogP contribution in [0.5, 0.6) is 5.75 Å². The first-order chi connectivity index (χ1) is 10.7. The van der Waals surface area contributed by atoms with E-state index in [2.05, 4.69) is 15.6 Å². The molecule has 0 aliphatic rings. The summed E-state index contributed by atoms with van der Waals surface area (Å²) in [6.45, 7) is 0. The minimum absolute atomic E-state index is 0.369. The Kier molecular flexibility index (Phi) is 3.89. The number of benzene rings is 2. The van der Waals surface area contributed by atoms with Gasteiger partial charge in [0.2, 0.25) is 0 Å². The number of halogens is 1. The maximum absolute atomic E-state index is 12.1. The van der Waals surface area contributed by atoms with Crippen molar-refractivity contribution in [1.29, 1.82) is 0 Å². The van der Waals surface area contributed by atoms with Crippen molar-refractivity contribution in [2.45, 2.75) is 0 Å². The first-order valence-corrected chi connectivity index (χ1v) is 7.02. The second kappa shape index (κ2) is 5.99. The predicted molar refractivity (Wildman–Crippen MR) is 88.9 cm³/mol. The highest BCUT2D eigenvalue weighted by Gasteiger charge is 2.09. The van der Waals surface area contributed by atoms with Crippen LogP contribution in [0.25, 0.3) is 10.9 Å². The number of urea groups is 1. The number of hydrogen-bond acceptors (Lipinski definition) is 2. The van der Waals surface area contributed by atoms with Gasteiger partial charge in [-0.3, -0.25) is 0 Å². The molecule has 2 amide bonds. The number of H-pyrrole nitrogens is 1. The van der Waals surface area contributed by atoms with Crippen molar-refractivity contribution in [2.24, 2.45) is 0 Å². The van der Waals surface area contributed by atoms with Crippen molar-refractivity contribution >= 4 is 39.9 Å². The van der Waals surface area contributed by atoms with Gasteiger partial charge in [0, 0.05) is 22.4 Å². The molecule has 0 saturated carbocycles. The molecule has 0 aliphatic heterocycles. The minimum Gasteiger partial charge on any atom is -0.495 e. The fraction of sp³-hybridized carbons (Fsp3) is 0.0625. The van der Waals surface area contributed by atoms with Gasteiger partial charge in [0.1, 0.15) is 5.75 Å². The van der Waals surface area contributed by atoms with E-state index in [1.54, 1.807) is 18.2 Å². The zero-order valence-corrected chi connectivity index (χ0v) is 12.6. The minimum atomic E-state index is -0.369. The van der Waals surface area contributed by atoms with E-state index in [1.807, 2.05) is 30.5 Å². The molecule has 1 heterocycles. The van der Waals surface area contributed by atoms with Crippen LogP contribution < -0.4 is 15.4 Å². The topological polar surface area (TPSA) is 66.2 Å². The molecule has 2 aromatic carbocycles. The summed E-state index contributed by atoms with van der Waals surface area (Å²) >= 11 is 5.94. The van der Waals surface area contributed by atoms with Crippen LogP contribution in [0.3, 0.4) is 0 Å². The number of amides is 2. The van der Waals surface area contributed by atoms with Crippen LogP contribution in [-0.4, -0.2) is 18.1 Å². The summed E-state index contributed by atoms with van der Waals surface area (Å²) in [4.78, 5) is 15.2. The van der Waals surface area contributed by atoms with Crippen LogP contribution in [0.4, 0.5) is 16.2 Å². The van der Waals surface area contributed by atoms with Gasteiger partial charge >= 0.3 is 6.03 Å². The van der Waals surface area contributed by atoms with Gasteiger partial charge in [0.25, 0.3) is 0 Å². The predicted octanol–water partition coefficient (Wildman–Crippen LogP) is 4.47. The van der Waals surface area contributed by atoms with Crippen LogP contribution in [0, 0.1) is 0 Å². The van der Waals surface area contributed by atoms with Gasteiger partial charge in [-0.25, -0.2) is 4.79 Å². The van der Waals surface area contributed by atoms with Gasteiger partial charge in [-0.05, 0) is 41.8 Å². The Morgan fingerprint density at radius 2 is 2.00 bits per heavy atom. The second-order valence-electron chi connectivity index (χ2n) is 4.70. The van der Waals surface area contributed by atoms with E-state index >= 15 is 0 Å². The molecule has 0 atom stereocenters. The van der Waals surface area contributed by atoms with Crippen molar-refractivity contribution in [2.75, 3.05) is 17.7 Å². The van der Waals surface area contributed by atoms with E-state index in [-0.39, 0.29) is 6.03 Å². The fourth-order valence-corrected chi connectivity index (χ4v) is 2.36. The molecule has 0 aliphatic carbocycles. The smallest absolute Gasteiger partial charge is 0.323 e. The van der Waals surface area contributed by atoms with E-state index in [0.29, 0.717) is 22.1 Å². The molecule has 3 aromatic rings. The van der Waals surface area contributed by atoms with Gasteiger partial charge in [0.15, 0.2) is 0 Å². The Morgan fingerprint density at radius 3 is 2.82 bits per heavy atom. The Labute approximate surface area is 132 Å². The Morgan fingerprint density at radius 1 is 1.14 bits per heavy atom. The van der Waals surface area contributed by atoms with Crippen molar-refractivity contribution in [3.8, 4) is 5.75 Å². The molecule has 0 unspecified atom stereocenters. The Hall–Kier alpha value is -2.66. The summed E-state index contributed by atoms with van der Waals surface area (Å²) in [5.74, 6) is 0.541. The van der Waals surface area contributed by atoms with E-state index in [9.17, 15) is 4.79 Å². The maximum Gasteiger partial charge on any atom is 0.323 e. The van der Waals surface area contributed by atoms with Crippen molar-refractivity contribution < 1.29 is 9.53 Å². The van der Waals surface area contributed by atoms with Crippen molar-refractivity contribution in [1.82, 2.24) is 4.98 Å². The lowest BCUT2D eigenvalue weighted by Crippen LogP contribution is -2.19. The van der Waals surface area contributed by atoms with Crippen LogP contribution >= 0.6 is 11.6 Å². The van der Waals surface area contributed by atoms with Gasteiger partial charge in [-0.1, -0.05) is 17.7 Å². The molecule has 1 aromatic heterocycles. The molecule has 3 N–H and O–H groups in total. The van der Waals surface area contributed by atoms with Gasteiger partial charge in [0.05, 0.1) is 12.8 Å². The first-order valence-electron chi connectivity index (χ1n) is 6.64. The molecule has 6 heteroatoms. The lowest BCUT2D eigenvalue weighted by molar-refractivity contribution is 0.262. The average Bonchev–Trinajstić information content (AvgIpc) is 2.95. The molecule has 0 radical (unpaired) electrons. The van der Waals surface area contributed by atoms with Crippen LogP contribution in [0.2, 0.25) is 5.02 Å². The Bertz CT molecular complexity index is 829. The third-order valence-electron chi connectivity index (χ3n) is 3.22. The number of anilines is 2. The molecule has 5 nitrogen and oxygen atoms in total. The number of hydrogen-bond donors (Lipinski definition) is 3. The zero-order valence-electron chi connectivity index (χ0n) is 11.8. The number of rotatable bonds is 3. The quantitative estimate of drug-likeness (QED) is 0.667. The van der Waals surface area contributed by atoms with E-state index in [4.69, 9.17) is 16.3 Å². The lowest BCUT2D eigenvalue weighted by atomic mass is 10.2. The van der Waals surface area contributed by atoms with Crippen LogP contribution in [-0.2, 0) is 0 Å². The van der Waals surface area contributed by atoms with Crippen LogP contribution in [0.15, 0.2) is 48.7 Å². The summed E-state index contributed by atoms with van der Waals surface area (Å²) < 4.78 is 5.19. The summed E-state index contributed by atoms with van der Waals surface area (Å²) in [7, 11) is 1.53. The van der Waals surface area contributed by atoms with Crippen molar-refractivity contribution in [3.63, 3.8) is 0 Å². The molecule has 0 fully saturated rings. The first kappa shape index (κ1) is 14.3. The molecule has 112 valence electrons. The number of methoxy groups -OCH3 is 1. The molecule has 22 heavy (non-hydrogen) atoms. The highest BCUT2D eigenvalue weighted by Crippen LogP contribution is 2.28. The monoisotopic (exact) mass is 315 g/mol.